The molecule has 0 aliphatic carbocycles. The first-order chi connectivity index (χ1) is 13.0. The maximum Gasteiger partial charge on any atom is 0.317 e. The summed E-state index contributed by atoms with van der Waals surface area (Å²) in [5, 5.41) is 8.36. The number of sulfone groups is 1. The molecule has 1 saturated heterocycles. The molecule has 2 aromatic rings. The highest BCUT2D eigenvalue weighted by Gasteiger charge is 2.48. The summed E-state index contributed by atoms with van der Waals surface area (Å²) >= 11 is 0. The SMILES string of the molecule is O=C(O)CN1CCN(C2c3ccccc3S(=O)(=O)C2c2ccccc2)CC1. The van der Waals surface area contributed by atoms with E-state index < -0.39 is 21.1 Å². The van der Waals surface area contributed by atoms with Crippen molar-refractivity contribution in [2.24, 2.45) is 0 Å². The van der Waals surface area contributed by atoms with Gasteiger partial charge in [0.25, 0.3) is 0 Å². The Hall–Kier alpha value is -2.22. The van der Waals surface area contributed by atoms with E-state index in [1.165, 1.54) is 0 Å². The molecule has 0 bridgehead atoms. The third kappa shape index (κ3) is 3.26. The Bertz CT molecular complexity index is 937. The van der Waals surface area contributed by atoms with Crippen LogP contribution in [0.5, 0.6) is 0 Å². The lowest BCUT2D eigenvalue weighted by atomic mass is 9.96. The summed E-state index contributed by atoms with van der Waals surface area (Å²) in [4.78, 5) is 15.5. The van der Waals surface area contributed by atoms with Crippen molar-refractivity contribution in [2.75, 3.05) is 32.7 Å². The van der Waals surface area contributed by atoms with Crippen LogP contribution in [0.3, 0.4) is 0 Å². The average molecular weight is 386 g/mol. The van der Waals surface area contributed by atoms with Crippen LogP contribution in [-0.4, -0.2) is 62.0 Å². The van der Waals surface area contributed by atoms with Crippen LogP contribution in [0.4, 0.5) is 0 Å². The van der Waals surface area contributed by atoms with Crippen molar-refractivity contribution >= 4 is 15.8 Å². The van der Waals surface area contributed by atoms with Crippen molar-refractivity contribution in [3.63, 3.8) is 0 Å². The highest BCUT2D eigenvalue weighted by atomic mass is 32.2. The number of hydrogen-bond donors (Lipinski definition) is 1. The Morgan fingerprint density at radius 2 is 1.59 bits per heavy atom. The summed E-state index contributed by atoms with van der Waals surface area (Å²) in [6.45, 7) is 2.55. The molecule has 0 radical (unpaired) electrons. The minimum absolute atomic E-state index is 0.0233. The molecule has 0 spiro atoms. The monoisotopic (exact) mass is 386 g/mol. The normalized spacial score (nSPS) is 25.2. The first-order valence-corrected chi connectivity index (χ1v) is 10.6. The largest absolute Gasteiger partial charge is 0.480 e. The fraction of sp³-hybridized carbons (Fsp3) is 0.350. The van der Waals surface area contributed by atoms with Crippen molar-refractivity contribution in [1.82, 2.24) is 9.80 Å². The van der Waals surface area contributed by atoms with Gasteiger partial charge in [0.1, 0.15) is 5.25 Å². The predicted octanol–water partition coefficient (Wildman–Crippen LogP) is 1.96. The maximum absolute atomic E-state index is 13.3. The van der Waals surface area contributed by atoms with Crippen LogP contribution >= 0.6 is 0 Å². The van der Waals surface area contributed by atoms with Crippen LogP contribution in [0.1, 0.15) is 22.4 Å². The Morgan fingerprint density at radius 1 is 0.963 bits per heavy atom. The van der Waals surface area contributed by atoms with Crippen LogP contribution in [0.15, 0.2) is 59.5 Å². The topological polar surface area (TPSA) is 77.9 Å². The van der Waals surface area contributed by atoms with E-state index in [1.807, 2.05) is 47.4 Å². The van der Waals surface area contributed by atoms with Crippen molar-refractivity contribution in [2.45, 2.75) is 16.2 Å². The van der Waals surface area contributed by atoms with Crippen LogP contribution in [0.25, 0.3) is 0 Å². The molecule has 1 N–H and O–H groups in total. The minimum Gasteiger partial charge on any atom is -0.480 e. The lowest BCUT2D eigenvalue weighted by molar-refractivity contribution is -0.138. The standard InChI is InChI=1S/C20H22N2O4S/c23-18(24)14-21-10-12-22(13-11-21)19-16-8-4-5-9-17(16)27(25,26)20(19)15-6-2-1-3-7-15/h1-9,19-20H,10-14H2,(H,23,24). The molecule has 0 amide bonds. The number of nitrogens with zero attached hydrogens (tertiary/aromatic N) is 2. The zero-order chi connectivity index (χ0) is 19.0. The van der Waals surface area contributed by atoms with Gasteiger partial charge in [0.05, 0.1) is 17.5 Å². The Labute approximate surface area is 158 Å². The molecule has 2 aliphatic heterocycles. The summed E-state index contributed by atoms with van der Waals surface area (Å²) in [6.07, 6.45) is 0. The summed E-state index contributed by atoms with van der Waals surface area (Å²) < 4.78 is 26.7. The number of aliphatic carboxylic acids is 1. The molecule has 142 valence electrons. The number of benzene rings is 2. The van der Waals surface area contributed by atoms with E-state index in [1.54, 1.807) is 12.1 Å². The number of piperazine rings is 1. The molecule has 6 nitrogen and oxygen atoms in total. The van der Waals surface area contributed by atoms with Crippen molar-refractivity contribution in [1.29, 1.82) is 0 Å². The smallest absolute Gasteiger partial charge is 0.317 e. The Kier molecular flexibility index (Phi) is 4.75. The van der Waals surface area contributed by atoms with Gasteiger partial charge in [0.2, 0.25) is 0 Å². The lowest BCUT2D eigenvalue weighted by Crippen LogP contribution is -2.49. The number of carbonyl (C=O) groups is 1. The summed E-state index contributed by atoms with van der Waals surface area (Å²) in [6, 6.07) is 16.4. The van der Waals surface area contributed by atoms with E-state index in [2.05, 4.69) is 4.90 Å². The molecule has 2 aromatic carbocycles. The van der Waals surface area contributed by atoms with Crippen LogP contribution in [0, 0.1) is 0 Å². The van der Waals surface area contributed by atoms with Crippen molar-refractivity contribution in [3.05, 3.63) is 65.7 Å². The van der Waals surface area contributed by atoms with Gasteiger partial charge in [-0.1, -0.05) is 48.5 Å². The molecule has 2 atom stereocenters. The van der Waals surface area contributed by atoms with Gasteiger partial charge in [-0.2, -0.15) is 0 Å². The van der Waals surface area contributed by atoms with Crippen molar-refractivity contribution < 1.29 is 18.3 Å². The molecule has 7 heteroatoms. The lowest BCUT2D eigenvalue weighted by Gasteiger charge is -2.39. The number of carboxylic acid groups (broad SMARTS) is 1. The van der Waals surface area contributed by atoms with Gasteiger partial charge in [-0.15, -0.1) is 0 Å². The van der Waals surface area contributed by atoms with E-state index in [4.69, 9.17) is 5.11 Å². The number of carboxylic acids is 1. The first-order valence-electron chi connectivity index (χ1n) is 9.04. The second-order valence-electron chi connectivity index (χ2n) is 7.06. The van der Waals surface area contributed by atoms with Gasteiger partial charge in [0.15, 0.2) is 9.84 Å². The van der Waals surface area contributed by atoms with Crippen LogP contribution in [-0.2, 0) is 14.6 Å². The van der Waals surface area contributed by atoms with E-state index >= 15 is 0 Å². The second kappa shape index (κ2) is 7.07. The van der Waals surface area contributed by atoms with E-state index in [-0.39, 0.29) is 12.6 Å². The summed E-state index contributed by atoms with van der Waals surface area (Å²) in [5.41, 5.74) is 1.64. The average Bonchev–Trinajstić information content (AvgIpc) is 2.90. The second-order valence-corrected chi connectivity index (χ2v) is 9.10. The highest BCUT2D eigenvalue weighted by molar-refractivity contribution is 7.92. The first kappa shape index (κ1) is 18.2. The molecule has 0 saturated carbocycles. The van der Waals surface area contributed by atoms with Crippen molar-refractivity contribution in [3.8, 4) is 0 Å². The molecule has 2 heterocycles. The van der Waals surface area contributed by atoms with E-state index in [9.17, 15) is 13.2 Å². The number of fused-ring (bicyclic) bond motifs is 1. The van der Waals surface area contributed by atoms with Gasteiger partial charge in [-0.25, -0.2) is 8.42 Å². The third-order valence-electron chi connectivity index (χ3n) is 5.45. The molecular weight excluding hydrogens is 364 g/mol. The van der Waals surface area contributed by atoms with Gasteiger partial charge in [-0.05, 0) is 17.2 Å². The van der Waals surface area contributed by atoms with E-state index in [0.717, 1.165) is 11.1 Å². The number of hydrogen-bond acceptors (Lipinski definition) is 5. The van der Waals surface area contributed by atoms with Crippen LogP contribution < -0.4 is 0 Å². The summed E-state index contributed by atoms with van der Waals surface area (Å²) in [5.74, 6) is -0.834. The zero-order valence-electron chi connectivity index (χ0n) is 14.9. The summed E-state index contributed by atoms with van der Waals surface area (Å²) in [7, 11) is -3.48. The van der Waals surface area contributed by atoms with E-state index in [0.29, 0.717) is 31.1 Å². The molecule has 2 aliphatic rings. The van der Waals surface area contributed by atoms with Gasteiger partial charge < -0.3 is 5.11 Å². The molecule has 4 rings (SSSR count). The zero-order valence-corrected chi connectivity index (χ0v) is 15.7. The van der Waals surface area contributed by atoms with Gasteiger partial charge in [-0.3, -0.25) is 14.6 Å². The Morgan fingerprint density at radius 3 is 2.26 bits per heavy atom. The van der Waals surface area contributed by atoms with Crippen LogP contribution in [0.2, 0.25) is 0 Å². The Balaban J connectivity index is 1.70. The third-order valence-corrected chi connectivity index (χ3v) is 7.64. The molecular formula is C20H22N2O4S. The molecule has 0 aromatic heterocycles. The molecule has 2 unspecified atom stereocenters. The molecule has 27 heavy (non-hydrogen) atoms. The predicted molar refractivity (Wildman–Crippen MR) is 101 cm³/mol. The van der Waals surface area contributed by atoms with Gasteiger partial charge in [0, 0.05) is 26.2 Å². The van der Waals surface area contributed by atoms with Gasteiger partial charge >= 0.3 is 5.97 Å². The fourth-order valence-corrected chi connectivity index (χ4v) is 6.47. The minimum atomic E-state index is -3.48. The maximum atomic E-state index is 13.3. The quantitative estimate of drug-likeness (QED) is 0.866. The molecule has 1 fully saturated rings. The fourth-order valence-electron chi connectivity index (χ4n) is 4.24. The number of rotatable bonds is 4. The highest BCUT2D eigenvalue weighted by Crippen LogP contribution is 2.51.